The summed E-state index contributed by atoms with van der Waals surface area (Å²) in [4.78, 5) is 4.85. The van der Waals surface area contributed by atoms with Gasteiger partial charge in [0.1, 0.15) is 5.82 Å². The molecule has 4 aromatic rings. The first-order valence-electron chi connectivity index (χ1n) is 11.0. The molecule has 31 heavy (non-hydrogen) atoms. The maximum absolute atomic E-state index is 4.91. The predicted molar refractivity (Wildman–Crippen MR) is 132 cm³/mol. The quantitative estimate of drug-likeness (QED) is 0.260. The van der Waals surface area contributed by atoms with Gasteiger partial charge in [-0.1, -0.05) is 68.5 Å². The fraction of sp³-hybridized carbons (Fsp3) is 0.259. The van der Waals surface area contributed by atoms with Gasteiger partial charge in [0, 0.05) is 35.5 Å². The molecule has 4 heteroatoms. The van der Waals surface area contributed by atoms with Crippen LogP contribution in [0.1, 0.15) is 51.3 Å². The van der Waals surface area contributed by atoms with E-state index in [0.29, 0.717) is 12.5 Å². The van der Waals surface area contributed by atoms with E-state index in [1.54, 1.807) is 0 Å². The van der Waals surface area contributed by atoms with Crippen LogP contribution in [0.25, 0.3) is 27.5 Å². The van der Waals surface area contributed by atoms with Crippen LogP contribution in [0.15, 0.2) is 72.8 Å². The fourth-order valence-electron chi connectivity index (χ4n) is 3.89. The molecule has 0 aliphatic carbocycles. The van der Waals surface area contributed by atoms with E-state index in [1.165, 1.54) is 16.3 Å². The Bertz CT molecular complexity index is 1210. The first-order valence-corrected chi connectivity index (χ1v) is 11.0. The van der Waals surface area contributed by atoms with Crippen molar-refractivity contribution in [1.29, 1.82) is 0 Å². The number of pyridine rings is 1. The molecule has 1 N–H and O–H groups in total. The number of rotatable bonds is 7. The van der Waals surface area contributed by atoms with Crippen molar-refractivity contribution in [2.75, 3.05) is 5.32 Å². The van der Waals surface area contributed by atoms with Crippen LogP contribution < -0.4 is 5.32 Å². The average molecular weight is 411 g/mol. The summed E-state index contributed by atoms with van der Waals surface area (Å²) >= 11 is 0. The molecular formula is C27H30N4. The van der Waals surface area contributed by atoms with Crippen molar-refractivity contribution in [3.8, 4) is 0 Å². The molecule has 2 heterocycles. The number of nitrogens with zero attached hydrogens (tertiary/aromatic N) is 3. The van der Waals surface area contributed by atoms with Crippen LogP contribution in [-0.4, -0.2) is 14.8 Å². The molecule has 4 rings (SSSR count). The van der Waals surface area contributed by atoms with Crippen LogP contribution in [0.2, 0.25) is 0 Å². The highest BCUT2D eigenvalue weighted by Gasteiger charge is 2.15. The maximum Gasteiger partial charge on any atom is 0.129 e. The Morgan fingerprint density at radius 2 is 1.65 bits per heavy atom. The Morgan fingerprint density at radius 1 is 1.00 bits per heavy atom. The van der Waals surface area contributed by atoms with E-state index in [-0.39, 0.29) is 0 Å². The van der Waals surface area contributed by atoms with Gasteiger partial charge in [0.15, 0.2) is 0 Å². The van der Waals surface area contributed by atoms with Crippen molar-refractivity contribution in [3.63, 3.8) is 0 Å². The Hall–Kier alpha value is -3.40. The van der Waals surface area contributed by atoms with Crippen LogP contribution in [0, 0.1) is 0 Å². The minimum atomic E-state index is 0.365. The predicted octanol–water partition coefficient (Wildman–Crippen LogP) is 7.15. The van der Waals surface area contributed by atoms with Crippen molar-refractivity contribution in [3.05, 3.63) is 84.1 Å². The van der Waals surface area contributed by atoms with E-state index in [1.807, 2.05) is 12.1 Å². The SMILES string of the molecule is C/C=C\C/C(=C\C)n1nc(C(C)C)cc1NCc1c2ccccc2nc2ccccc12. The number of hydrogen-bond acceptors (Lipinski definition) is 3. The summed E-state index contributed by atoms with van der Waals surface area (Å²) in [6.07, 6.45) is 7.24. The normalized spacial score (nSPS) is 12.5. The van der Waals surface area contributed by atoms with Gasteiger partial charge in [-0.15, -0.1) is 0 Å². The van der Waals surface area contributed by atoms with Crippen molar-refractivity contribution in [2.24, 2.45) is 0 Å². The molecule has 2 aromatic heterocycles. The summed E-state index contributed by atoms with van der Waals surface area (Å²) < 4.78 is 2.06. The number of benzene rings is 2. The molecule has 0 spiro atoms. The largest absolute Gasteiger partial charge is 0.366 e. The highest BCUT2D eigenvalue weighted by Crippen LogP contribution is 2.28. The zero-order valence-corrected chi connectivity index (χ0v) is 18.8. The zero-order chi connectivity index (χ0) is 21.8. The third kappa shape index (κ3) is 4.24. The highest BCUT2D eigenvalue weighted by atomic mass is 15.3. The Morgan fingerprint density at radius 3 is 2.23 bits per heavy atom. The van der Waals surface area contributed by atoms with Crippen LogP contribution in [0.5, 0.6) is 0 Å². The van der Waals surface area contributed by atoms with Crippen LogP contribution in [-0.2, 0) is 6.54 Å². The maximum atomic E-state index is 4.91. The highest BCUT2D eigenvalue weighted by molar-refractivity contribution is 5.97. The molecule has 4 nitrogen and oxygen atoms in total. The van der Waals surface area contributed by atoms with Gasteiger partial charge < -0.3 is 5.32 Å². The standard InChI is InChI=1S/C27H30N4/c1-5-7-12-20(6-2)31-27(17-26(30-31)19(3)4)28-18-23-21-13-8-10-15-24(21)29-25-16-11-9-14-22(23)25/h5-11,13-17,19,28H,12,18H2,1-4H3/b7-5-,20-6+. The van der Waals surface area contributed by atoms with Gasteiger partial charge in [-0.05, 0) is 37.5 Å². The lowest BCUT2D eigenvalue weighted by molar-refractivity contribution is 0.769. The Labute approximate surface area is 184 Å². The monoisotopic (exact) mass is 410 g/mol. The minimum absolute atomic E-state index is 0.365. The number of aromatic nitrogens is 3. The van der Waals surface area contributed by atoms with Gasteiger partial charge in [0.2, 0.25) is 0 Å². The van der Waals surface area contributed by atoms with Crippen molar-refractivity contribution in [2.45, 2.75) is 46.6 Å². The lowest BCUT2D eigenvalue weighted by Gasteiger charge is -2.15. The number of allylic oxidation sites excluding steroid dienone is 4. The van der Waals surface area contributed by atoms with E-state index < -0.39 is 0 Å². The van der Waals surface area contributed by atoms with Crippen LogP contribution in [0.3, 0.4) is 0 Å². The molecule has 0 saturated heterocycles. The third-order valence-corrected chi connectivity index (χ3v) is 5.63. The van der Waals surface area contributed by atoms with Gasteiger partial charge in [0.25, 0.3) is 0 Å². The number of para-hydroxylation sites is 2. The summed E-state index contributed by atoms with van der Waals surface area (Å²) in [5, 5.41) is 11.0. The second-order valence-corrected chi connectivity index (χ2v) is 8.05. The Balaban J connectivity index is 1.76. The zero-order valence-electron chi connectivity index (χ0n) is 18.8. The molecule has 0 aliphatic heterocycles. The molecule has 0 bridgehead atoms. The molecule has 0 radical (unpaired) electrons. The lowest BCUT2D eigenvalue weighted by Crippen LogP contribution is -2.08. The third-order valence-electron chi connectivity index (χ3n) is 5.63. The van der Waals surface area contributed by atoms with Gasteiger partial charge in [0.05, 0.1) is 16.7 Å². The van der Waals surface area contributed by atoms with Gasteiger partial charge in [-0.3, -0.25) is 0 Å². The van der Waals surface area contributed by atoms with E-state index in [0.717, 1.165) is 34.7 Å². The summed E-state index contributed by atoms with van der Waals surface area (Å²) in [6.45, 7) is 9.19. The molecule has 0 atom stereocenters. The van der Waals surface area contributed by atoms with Crippen LogP contribution >= 0.6 is 0 Å². The first kappa shape index (κ1) is 20.9. The van der Waals surface area contributed by atoms with E-state index >= 15 is 0 Å². The first-order chi connectivity index (χ1) is 15.1. The van der Waals surface area contributed by atoms with Crippen molar-refractivity contribution in [1.82, 2.24) is 14.8 Å². The molecule has 0 amide bonds. The summed E-state index contributed by atoms with van der Waals surface area (Å²) in [6, 6.07) is 18.9. The summed E-state index contributed by atoms with van der Waals surface area (Å²) in [5.74, 6) is 1.38. The van der Waals surface area contributed by atoms with E-state index in [2.05, 4.69) is 98.4 Å². The smallest absolute Gasteiger partial charge is 0.129 e. The van der Waals surface area contributed by atoms with Crippen molar-refractivity contribution >= 4 is 33.3 Å². The fourth-order valence-corrected chi connectivity index (χ4v) is 3.89. The van der Waals surface area contributed by atoms with Gasteiger partial charge in [-0.2, -0.15) is 5.10 Å². The molecule has 2 aromatic carbocycles. The second kappa shape index (κ2) is 9.17. The van der Waals surface area contributed by atoms with Gasteiger partial charge in [-0.25, -0.2) is 9.67 Å². The second-order valence-electron chi connectivity index (χ2n) is 8.05. The average Bonchev–Trinajstić information content (AvgIpc) is 3.21. The summed E-state index contributed by atoms with van der Waals surface area (Å²) in [7, 11) is 0. The molecule has 0 unspecified atom stereocenters. The molecule has 0 aliphatic rings. The molecule has 0 saturated carbocycles. The van der Waals surface area contributed by atoms with E-state index in [9.17, 15) is 0 Å². The molecule has 158 valence electrons. The van der Waals surface area contributed by atoms with Gasteiger partial charge >= 0.3 is 0 Å². The molecule has 0 fully saturated rings. The lowest BCUT2D eigenvalue weighted by atomic mass is 10.0. The Kier molecular flexibility index (Phi) is 6.17. The van der Waals surface area contributed by atoms with Crippen LogP contribution in [0.4, 0.5) is 5.82 Å². The number of hydrogen-bond donors (Lipinski definition) is 1. The number of anilines is 1. The van der Waals surface area contributed by atoms with E-state index in [4.69, 9.17) is 10.1 Å². The minimum Gasteiger partial charge on any atom is -0.366 e. The number of fused-ring (bicyclic) bond motifs is 2. The summed E-state index contributed by atoms with van der Waals surface area (Å²) in [5.41, 5.74) is 5.56. The number of nitrogens with one attached hydrogen (secondary N) is 1. The topological polar surface area (TPSA) is 42.7 Å². The van der Waals surface area contributed by atoms with Crippen molar-refractivity contribution < 1.29 is 0 Å². The molecular weight excluding hydrogens is 380 g/mol.